The number of nitrogens with zero attached hydrogens (tertiary/aromatic N) is 2. The van der Waals surface area contributed by atoms with Gasteiger partial charge in [0, 0.05) is 17.7 Å². The molecular weight excluding hydrogens is 296 g/mol. The van der Waals surface area contributed by atoms with Gasteiger partial charge < -0.3 is 20.5 Å². The first-order valence-electron chi connectivity index (χ1n) is 7.53. The first kappa shape index (κ1) is 15.2. The predicted octanol–water partition coefficient (Wildman–Crippen LogP) is 2.24. The maximum Gasteiger partial charge on any atom is 0.341 e. The molecule has 23 heavy (non-hydrogen) atoms. The van der Waals surface area contributed by atoms with Crippen molar-refractivity contribution < 1.29 is 14.3 Å². The number of carbonyl (C=O) groups is 1. The molecule has 0 spiro atoms. The second-order valence-electron chi connectivity index (χ2n) is 5.38. The standard InChI is InChI=1S/C16H20N4O3/c1-22-10-6-7-13(23-2)12(9-10)14-11-5-3-4-8-18-15(11)20(19-14)16(17)21/h6-7,9,18H,3-5,8H2,1-2H3,(H2,17,21). The van der Waals surface area contributed by atoms with E-state index in [1.165, 1.54) is 4.68 Å². The number of hydrogen-bond acceptors (Lipinski definition) is 5. The fraction of sp³-hybridized carbons (Fsp3) is 0.375. The molecule has 0 fully saturated rings. The van der Waals surface area contributed by atoms with E-state index in [1.54, 1.807) is 14.2 Å². The number of hydrogen-bond donors (Lipinski definition) is 2. The van der Waals surface area contributed by atoms with Crippen molar-refractivity contribution >= 4 is 11.8 Å². The molecule has 0 aliphatic carbocycles. The molecule has 0 saturated carbocycles. The third kappa shape index (κ3) is 2.69. The van der Waals surface area contributed by atoms with E-state index >= 15 is 0 Å². The van der Waals surface area contributed by atoms with Gasteiger partial charge in [-0.1, -0.05) is 0 Å². The lowest BCUT2D eigenvalue weighted by molar-refractivity contribution is 0.248. The van der Waals surface area contributed by atoms with Gasteiger partial charge in [-0.25, -0.2) is 4.79 Å². The summed E-state index contributed by atoms with van der Waals surface area (Å²) in [5.41, 5.74) is 7.93. The molecule has 7 heteroatoms. The molecular formula is C16H20N4O3. The Morgan fingerprint density at radius 1 is 1.30 bits per heavy atom. The van der Waals surface area contributed by atoms with Gasteiger partial charge in [-0.2, -0.15) is 9.78 Å². The minimum atomic E-state index is -0.608. The maximum atomic E-state index is 11.7. The molecule has 7 nitrogen and oxygen atoms in total. The van der Waals surface area contributed by atoms with Crippen LogP contribution in [-0.4, -0.2) is 36.6 Å². The van der Waals surface area contributed by atoms with Crippen LogP contribution in [0.15, 0.2) is 18.2 Å². The number of nitrogens with one attached hydrogen (secondary N) is 1. The molecule has 0 radical (unpaired) electrons. The van der Waals surface area contributed by atoms with E-state index < -0.39 is 6.03 Å². The van der Waals surface area contributed by atoms with Crippen molar-refractivity contribution in [2.24, 2.45) is 5.73 Å². The number of anilines is 1. The summed E-state index contributed by atoms with van der Waals surface area (Å²) in [4.78, 5) is 11.7. The Hall–Kier alpha value is -2.70. The van der Waals surface area contributed by atoms with Crippen LogP contribution >= 0.6 is 0 Å². The van der Waals surface area contributed by atoms with E-state index in [0.717, 1.165) is 36.9 Å². The second-order valence-corrected chi connectivity index (χ2v) is 5.38. The first-order valence-corrected chi connectivity index (χ1v) is 7.53. The Morgan fingerprint density at radius 2 is 2.13 bits per heavy atom. The van der Waals surface area contributed by atoms with Crippen molar-refractivity contribution in [3.63, 3.8) is 0 Å². The van der Waals surface area contributed by atoms with Crippen molar-refractivity contribution in [2.45, 2.75) is 19.3 Å². The minimum absolute atomic E-state index is 0.608. The lowest BCUT2D eigenvalue weighted by atomic mass is 10.0. The van der Waals surface area contributed by atoms with Crippen LogP contribution in [0.25, 0.3) is 11.3 Å². The number of nitrogens with two attached hydrogens (primary N) is 1. The third-order valence-corrected chi connectivity index (χ3v) is 4.00. The van der Waals surface area contributed by atoms with Gasteiger partial charge >= 0.3 is 6.03 Å². The highest BCUT2D eigenvalue weighted by Crippen LogP contribution is 2.38. The lowest BCUT2D eigenvalue weighted by Crippen LogP contribution is -2.23. The predicted molar refractivity (Wildman–Crippen MR) is 87.2 cm³/mol. The highest BCUT2D eigenvalue weighted by Gasteiger charge is 2.25. The number of amides is 1. The zero-order valence-corrected chi connectivity index (χ0v) is 13.3. The van der Waals surface area contributed by atoms with Crippen LogP contribution in [-0.2, 0) is 6.42 Å². The molecule has 122 valence electrons. The van der Waals surface area contributed by atoms with Crippen molar-refractivity contribution in [2.75, 3.05) is 26.1 Å². The quantitative estimate of drug-likeness (QED) is 0.906. The van der Waals surface area contributed by atoms with Crippen molar-refractivity contribution in [3.05, 3.63) is 23.8 Å². The normalized spacial score (nSPS) is 13.7. The number of ether oxygens (including phenoxy) is 2. The van der Waals surface area contributed by atoms with Gasteiger partial charge in [0.1, 0.15) is 23.0 Å². The van der Waals surface area contributed by atoms with E-state index in [0.29, 0.717) is 23.0 Å². The fourth-order valence-corrected chi connectivity index (χ4v) is 2.88. The minimum Gasteiger partial charge on any atom is -0.497 e. The van der Waals surface area contributed by atoms with Crippen LogP contribution in [0.2, 0.25) is 0 Å². The highest BCUT2D eigenvalue weighted by atomic mass is 16.5. The Bertz CT molecular complexity index is 739. The summed E-state index contributed by atoms with van der Waals surface area (Å²) in [7, 11) is 3.21. The second kappa shape index (κ2) is 6.20. The number of rotatable bonds is 3. The molecule has 0 unspecified atom stereocenters. The molecule has 1 aliphatic heterocycles. The van der Waals surface area contributed by atoms with Crippen LogP contribution in [0, 0.1) is 0 Å². The summed E-state index contributed by atoms with van der Waals surface area (Å²) < 4.78 is 12.0. The van der Waals surface area contributed by atoms with Crippen molar-refractivity contribution in [1.82, 2.24) is 9.78 Å². The molecule has 1 aromatic heterocycles. The molecule has 3 N–H and O–H groups in total. The molecule has 2 heterocycles. The summed E-state index contributed by atoms with van der Waals surface area (Å²) >= 11 is 0. The molecule has 1 aliphatic rings. The molecule has 2 aromatic rings. The van der Waals surface area contributed by atoms with Crippen LogP contribution in [0.4, 0.5) is 10.6 Å². The molecule has 0 saturated heterocycles. The Kier molecular flexibility index (Phi) is 4.10. The summed E-state index contributed by atoms with van der Waals surface area (Å²) in [5.74, 6) is 2.05. The zero-order valence-electron chi connectivity index (χ0n) is 13.3. The monoisotopic (exact) mass is 316 g/mol. The summed E-state index contributed by atoms with van der Waals surface area (Å²) in [5, 5.41) is 7.69. The molecule has 0 atom stereocenters. The number of methoxy groups -OCH3 is 2. The number of primary amides is 1. The summed E-state index contributed by atoms with van der Waals surface area (Å²) in [6.45, 7) is 0.792. The Balaban J connectivity index is 2.22. The lowest BCUT2D eigenvalue weighted by Gasteiger charge is -2.10. The number of fused-ring (bicyclic) bond motifs is 1. The first-order chi connectivity index (χ1) is 11.2. The van der Waals surface area contributed by atoms with Gasteiger partial charge in [0.2, 0.25) is 0 Å². The van der Waals surface area contributed by atoms with E-state index in [4.69, 9.17) is 15.2 Å². The van der Waals surface area contributed by atoms with E-state index in [1.807, 2.05) is 18.2 Å². The molecule has 3 rings (SSSR count). The van der Waals surface area contributed by atoms with Crippen molar-refractivity contribution in [1.29, 1.82) is 0 Å². The van der Waals surface area contributed by atoms with E-state index in [9.17, 15) is 4.79 Å². The van der Waals surface area contributed by atoms with E-state index in [2.05, 4.69) is 10.4 Å². The van der Waals surface area contributed by atoms with Gasteiger partial charge in [0.05, 0.1) is 14.2 Å². The smallest absolute Gasteiger partial charge is 0.341 e. The van der Waals surface area contributed by atoms with Gasteiger partial charge in [0.25, 0.3) is 0 Å². The molecule has 1 aromatic carbocycles. The largest absolute Gasteiger partial charge is 0.497 e. The number of aromatic nitrogens is 2. The molecule has 0 bridgehead atoms. The average Bonchev–Trinajstić information content (AvgIpc) is 2.75. The SMILES string of the molecule is COc1ccc(OC)c(-c2nn(C(N)=O)c3c2CCCCN3)c1. The van der Waals surface area contributed by atoms with Gasteiger partial charge in [-0.3, -0.25) is 0 Å². The summed E-state index contributed by atoms with van der Waals surface area (Å²) in [6.07, 6.45) is 2.87. The van der Waals surface area contributed by atoms with Crippen LogP contribution in [0.1, 0.15) is 18.4 Å². The van der Waals surface area contributed by atoms with Gasteiger partial charge in [0.15, 0.2) is 0 Å². The third-order valence-electron chi connectivity index (χ3n) is 4.00. The number of carbonyl (C=O) groups excluding carboxylic acids is 1. The van der Waals surface area contributed by atoms with Crippen LogP contribution in [0.3, 0.4) is 0 Å². The van der Waals surface area contributed by atoms with E-state index in [-0.39, 0.29) is 0 Å². The maximum absolute atomic E-state index is 11.7. The highest BCUT2D eigenvalue weighted by molar-refractivity contribution is 5.84. The average molecular weight is 316 g/mol. The van der Waals surface area contributed by atoms with Crippen molar-refractivity contribution in [3.8, 4) is 22.8 Å². The molecule has 1 amide bonds. The number of benzene rings is 1. The zero-order chi connectivity index (χ0) is 16.4. The summed E-state index contributed by atoms with van der Waals surface area (Å²) in [6, 6.07) is 4.90. The van der Waals surface area contributed by atoms with Gasteiger partial charge in [-0.05, 0) is 37.5 Å². The Labute approximate surface area is 134 Å². The topological polar surface area (TPSA) is 91.4 Å². The fourth-order valence-electron chi connectivity index (χ4n) is 2.88. The Morgan fingerprint density at radius 3 is 2.83 bits per heavy atom. The van der Waals surface area contributed by atoms with Crippen LogP contribution in [0.5, 0.6) is 11.5 Å². The van der Waals surface area contributed by atoms with Crippen LogP contribution < -0.4 is 20.5 Å². The van der Waals surface area contributed by atoms with Gasteiger partial charge in [-0.15, -0.1) is 0 Å².